The van der Waals surface area contributed by atoms with Crippen LogP contribution < -0.4 is 11.1 Å². The van der Waals surface area contributed by atoms with Gasteiger partial charge in [0.2, 0.25) is 11.8 Å². The number of carbonyl (C=O) groups excluding carboxylic acids is 2. The summed E-state index contributed by atoms with van der Waals surface area (Å²) in [6.45, 7) is 4.26. The normalized spacial score (nSPS) is 17.5. The summed E-state index contributed by atoms with van der Waals surface area (Å²) in [6, 6.07) is -0.252. The first-order chi connectivity index (χ1) is 10.7. The Kier molecular flexibility index (Phi) is 13.2. The van der Waals surface area contributed by atoms with Gasteiger partial charge in [-0.3, -0.25) is 9.59 Å². The van der Waals surface area contributed by atoms with Crippen molar-refractivity contribution in [1.29, 1.82) is 0 Å². The van der Waals surface area contributed by atoms with Crippen molar-refractivity contribution in [3.8, 4) is 0 Å². The molecule has 1 heterocycles. The highest BCUT2D eigenvalue weighted by Gasteiger charge is 2.31. The molecule has 1 saturated heterocycles. The number of nitrogens with zero attached hydrogens (tertiary/aromatic N) is 1. The molecule has 0 saturated carbocycles. The first kappa shape index (κ1) is 22.2. The molecule has 0 aromatic heterocycles. The average molecular weight is 346 g/mol. The van der Waals surface area contributed by atoms with Crippen molar-refractivity contribution in [2.45, 2.75) is 77.2 Å². The molecule has 1 aliphatic heterocycles. The molecule has 0 aromatic rings. The van der Waals surface area contributed by atoms with Gasteiger partial charge < -0.3 is 16.0 Å². The minimum atomic E-state index is -0.252. The Morgan fingerprint density at radius 3 is 2.61 bits per heavy atom. The standard InChI is InChI=1S/C17H33N3O2.H2S/c1-2-3-5-11-16(21)20-14-9-6-10-15(20)17(22)19-13-8-4-7-12-18;/h15H,2-14,18H2,1H3,(H,19,22);1H2. The monoisotopic (exact) mass is 345 g/mol. The van der Waals surface area contributed by atoms with E-state index in [2.05, 4.69) is 12.2 Å². The summed E-state index contributed by atoms with van der Waals surface area (Å²) >= 11 is 0. The predicted octanol–water partition coefficient (Wildman–Crippen LogP) is 2.31. The molecule has 1 unspecified atom stereocenters. The molecule has 1 aliphatic rings. The molecule has 23 heavy (non-hydrogen) atoms. The van der Waals surface area contributed by atoms with Crippen LogP contribution in [-0.4, -0.2) is 42.4 Å². The summed E-state index contributed by atoms with van der Waals surface area (Å²) in [5, 5.41) is 2.99. The summed E-state index contributed by atoms with van der Waals surface area (Å²) in [5.41, 5.74) is 5.46. The van der Waals surface area contributed by atoms with E-state index in [0.717, 1.165) is 64.3 Å². The fraction of sp³-hybridized carbons (Fsp3) is 0.882. The zero-order valence-corrected chi connectivity index (χ0v) is 15.6. The molecule has 0 aliphatic carbocycles. The number of amides is 2. The number of hydrogen-bond acceptors (Lipinski definition) is 3. The van der Waals surface area contributed by atoms with E-state index in [1.807, 2.05) is 4.90 Å². The summed E-state index contributed by atoms with van der Waals surface area (Å²) in [6.07, 6.45) is 9.55. The highest BCUT2D eigenvalue weighted by atomic mass is 32.1. The minimum absolute atomic E-state index is 0. The van der Waals surface area contributed by atoms with E-state index in [4.69, 9.17) is 5.73 Å². The number of carbonyl (C=O) groups is 2. The summed E-state index contributed by atoms with van der Waals surface area (Å²) in [7, 11) is 0. The topological polar surface area (TPSA) is 75.4 Å². The van der Waals surface area contributed by atoms with Gasteiger partial charge in [-0.1, -0.05) is 26.2 Å². The highest BCUT2D eigenvalue weighted by Crippen LogP contribution is 2.19. The quantitative estimate of drug-likeness (QED) is 0.597. The first-order valence-electron chi connectivity index (χ1n) is 8.98. The van der Waals surface area contributed by atoms with Crippen LogP contribution in [0.25, 0.3) is 0 Å². The fourth-order valence-electron chi connectivity index (χ4n) is 2.95. The van der Waals surface area contributed by atoms with Crippen LogP contribution in [0.2, 0.25) is 0 Å². The van der Waals surface area contributed by atoms with Crippen LogP contribution in [0.15, 0.2) is 0 Å². The molecule has 5 nitrogen and oxygen atoms in total. The van der Waals surface area contributed by atoms with Crippen LogP contribution in [-0.2, 0) is 9.59 Å². The smallest absolute Gasteiger partial charge is 0.242 e. The largest absolute Gasteiger partial charge is 0.354 e. The van der Waals surface area contributed by atoms with E-state index in [-0.39, 0.29) is 31.4 Å². The molecule has 6 heteroatoms. The molecule has 1 atom stereocenters. The molecule has 136 valence electrons. The van der Waals surface area contributed by atoms with Crippen LogP contribution >= 0.6 is 13.5 Å². The first-order valence-corrected chi connectivity index (χ1v) is 8.98. The van der Waals surface area contributed by atoms with E-state index in [1.54, 1.807) is 0 Å². The maximum atomic E-state index is 12.3. The van der Waals surface area contributed by atoms with E-state index in [0.29, 0.717) is 19.5 Å². The van der Waals surface area contributed by atoms with Crippen molar-refractivity contribution in [2.75, 3.05) is 19.6 Å². The molecule has 0 aromatic carbocycles. The van der Waals surface area contributed by atoms with Gasteiger partial charge in [-0.05, 0) is 45.1 Å². The molecule has 0 spiro atoms. The molecule has 1 rings (SSSR count). The van der Waals surface area contributed by atoms with Gasteiger partial charge in [-0.2, -0.15) is 13.5 Å². The van der Waals surface area contributed by atoms with Crippen LogP contribution in [0.4, 0.5) is 0 Å². The fourth-order valence-corrected chi connectivity index (χ4v) is 2.95. The van der Waals surface area contributed by atoms with E-state index in [1.165, 1.54) is 0 Å². The number of nitrogens with two attached hydrogens (primary N) is 1. The number of unbranched alkanes of at least 4 members (excludes halogenated alkanes) is 4. The lowest BCUT2D eigenvalue weighted by Gasteiger charge is -2.35. The maximum Gasteiger partial charge on any atom is 0.242 e. The Balaban J connectivity index is 0.00000484. The van der Waals surface area contributed by atoms with Gasteiger partial charge in [0.15, 0.2) is 0 Å². The van der Waals surface area contributed by atoms with E-state index in [9.17, 15) is 9.59 Å². The van der Waals surface area contributed by atoms with Crippen molar-refractivity contribution < 1.29 is 9.59 Å². The third-order valence-corrected chi connectivity index (χ3v) is 4.30. The Morgan fingerprint density at radius 1 is 1.13 bits per heavy atom. The van der Waals surface area contributed by atoms with Crippen LogP contribution in [0.3, 0.4) is 0 Å². The van der Waals surface area contributed by atoms with Crippen molar-refractivity contribution in [1.82, 2.24) is 10.2 Å². The molecule has 0 radical (unpaired) electrons. The van der Waals surface area contributed by atoms with Gasteiger partial charge >= 0.3 is 0 Å². The highest BCUT2D eigenvalue weighted by molar-refractivity contribution is 7.59. The van der Waals surface area contributed by atoms with Crippen molar-refractivity contribution >= 4 is 25.3 Å². The molecular weight excluding hydrogens is 310 g/mol. The lowest BCUT2D eigenvalue weighted by molar-refractivity contribution is -0.142. The van der Waals surface area contributed by atoms with Crippen LogP contribution in [0.5, 0.6) is 0 Å². The number of piperidine rings is 1. The van der Waals surface area contributed by atoms with Gasteiger partial charge in [0.1, 0.15) is 6.04 Å². The van der Waals surface area contributed by atoms with Crippen LogP contribution in [0, 0.1) is 0 Å². The number of rotatable bonds is 10. The lowest BCUT2D eigenvalue weighted by atomic mass is 10.00. The number of nitrogens with one attached hydrogen (secondary N) is 1. The summed E-state index contributed by atoms with van der Waals surface area (Å²) in [5.74, 6) is 0.174. The number of likely N-dealkylation sites (tertiary alicyclic amines) is 1. The van der Waals surface area contributed by atoms with Crippen LogP contribution in [0.1, 0.15) is 71.1 Å². The van der Waals surface area contributed by atoms with Gasteiger partial charge in [-0.25, -0.2) is 0 Å². The van der Waals surface area contributed by atoms with Crippen molar-refractivity contribution in [2.24, 2.45) is 5.73 Å². The Labute approximate surface area is 148 Å². The number of hydrogen-bond donors (Lipinski definition) is 2. The SMILES string of the molecule is CCCCCC(=O)N1CCCCC1C(=O)NCCCCCN.S. The zero-order chi connectivity index (χ0) is 16.2. The van der Waals surface area contributed by atoms with Gasteiger partial charge in [0.25, 0.3) is 0 Å². The molecule has 3 N–H and O–H groups in total. The average Bonchev–Trinajstić information content (AvgIpc) is 2.54. The van der Waals surface area contributed by atoms with Gasteiger partial charge in [0.05, 0.1) is 0 Å². The zero-order valence-electron chi connectivity index (χ0n) is 14.6. The Morgan fingerprint density at radius 2 is 1.91 bits per heavy atom. The third-order valence-electron chi connectivity index (χ3n) is 4.30. The summed E-state index contributed by atoms with van der Waals surface area (Å²) in [4.78, 5) is 26.5. The lowest BCUT2D eigenvalue weighted by Crippen LogP contribution is -2.52. The minimum Gasteiger partial charge on any atom is -0.354 e. The second kappa shape index (κ2) is 13.7. The van der Waals surface area contributed by atoms with Crippen molar-refractivity contribution in [3.05, 3.63) is 0 Å². The van der Waals surface area contributed by atoms with Gasteiger partial charge in [-0.15, -0.1) is 0 Å². The molecule has 0 bridgehead atoms. The van der Waals surface area contributed by atoms with Crippen molar-refractivity contribution in [3.63, 3.8) is 0 Å². The van der Waals surface area contributed by atoms with E-state index >= 15 is 0 Å². The van der Waals surface area contributed by atoms with E-state index < -0.39 is 0 Å². The van der Waals surface area contributed by atoms with Gasteiger partial charge in [0, 0.05) is 19.5 Å². The second-order valence-corrected chi connectivity index (χ2v) is 6.20. The molecule has 1 fully saturated rings. The predicted molar refractivity (Wildman–Crippen MR) is 99.8 cm³/mol. The second-order valence-electron chi connectivity index (χ2n) is 6.20. The third kappa shape index (κ3) is 8.61. The maximum absolute atomic E-state index is 12.3. The Hall–Kier alpha value is -0.750. The molecular formula is C17H35N3O2S. The Bertz CT molecular complexity index is 340. The summed E-state index contributed by atoms with van der Waals surface area (Å²) < 4.78 is 0. The molecule has 2 amide bonds.